The molecule has 0 aliphatic carbocycles. The SMILES string of the molecule is CCC(N)CCCN1CCc2ccc(F)cc21. The van der Waals surface area contributed by atoms with Crippen molar-refractivity contribution < 1.29 is 4.39 Å². The van der Waals surface area contributed by atoms with E-state index in [-0.39, 0.29) is 5.82 Å². The highest BCUT2D eigenvalue weighted by Gasteiger charge is 2.18. The molecule has 1 atom stereocenters. The van der Waals surface area contributed by atoms with E-state index in [1.807, 2.05) is 6.07 Å². The van der Waals surface area contributed by atoms with Crippen LogP contribution in [0.4, 0.5) is 10.1 Å². The van der Waals surface area contributed by atoms with E-state index in [1.165, 1.54) is 5.56 Å². The molecule has 2 N–H and O–H groups in total. The summed E-state index contributed by atoms with van der Waals surface area (Å²) in [4.78, 5) is 2.28. The molecule has 1 heterocycles. The van der Waals surface area contributed by atoms with E-state index in [9.17, 15) is 4.39 Å². The minimum Gasteiger partial charge on any atom is -0.371 e. The summed E-state index contributed by atoms with van der Waals surface area (Å²) in [7, 11) is 0. The van der Waals surface area contributed by atoms with Gasteiger partial charge in [0.25, 0.3) is 0 Å². The fourth-order valence-electron chi connectivity index (χ4n) is 2.40. The van der Waals surface area contributed by atoms with Gasteiger partial charge in [-0.15, -0.1) is 0 Å². The molecule has 0 radical (unpaired) electrons. The zero-order valence-corrected chi connectivity index (χ0v) is 10.5. The number of hydrogen-bond acceptors (Lipinski definition) is 2. The first-order valence-electron chi connectivity index (χ1n) is 6.49. The molecule has 0 fully saturated rings. The van der Waals surface area contributed by atoms with Crippen LogP contribution in [0.25, 0.3) is 0 Å². The van der Waals surface area contributed by atoms with Gasteiger partial charge in [-0.3, -0.25) is 0 Å². The maximum atomic E-state index is 13.2. The van der Waals surface area contributed by atoms with Gasteiger partial charge in [-0.2, -0.15) is 0 Å². The van der Waals surface area contributed by atoms with Gasteiger partial charge in [-0.1, -0.05) is 13.0 Å². The molecule has 0 amide bonds. The van der Waals surface area contributed by atoms with Gasteiger partial charge in [-0.25, -0.2) is 4.39 Å². The molecule has 17 heavy (non-hydrogen) atoms. The molecule has 2 nitrogen and oxygen atoms in total. The smallest absolute Gasteiger partial charge is 0.125 e. The molecule has 1 aliphatic rings. The van der Waals surface area contributed by atoms with Gasteiger partial charge in [-0.05, 0) is 43.4 Å². The zero-order valence-electron chi connectivity index (χ0n) is 10.5. The molecule has 2 rings (SSSR count). The van der Waals surface area contributed by atoms with Crippen LogP contribution in [0.15, 0.2) is 18.2 Å². The van der Waals surface area contributed by atoms with Crippen LogP contribution in [0.2, 0.25) is 0 Å². The third-order valence-corrected chi connectivity index (χ3v) is 3.57. The lowest BCUT2D eigenvalue weighted by Gasteiger charge is -2.20. The van der Waals surface area contributed by atoms with Gasteiger partial charge in [0.15, 0.2) is 0 Å². The average Bonchev–Trinajstić information content (AvgIpc) is 2.72. The van der Waals surface area contributed by atoms with Crippen molar-refractivity contribution in [3.63, 3.8) is 0 Å². The molecule has 3 heteroatoms. The standard InChI is InChI=1S/C14H21FN2/c1-2-13(16)4-3-8-17-9-7-11-5-6-12(15)10-14(11)17/h5-6,10,13H,2-4,7-9,16H2,1H3. The molecule has 1 aliphatic heterocycles. The third-order valence-electron chi connectivity index (χ3n) is 3.57. The fraction of sp³-hybridized carbons (Fsp3) is 0.571. The van der Waals surface area contributed by atoms with Gasteiger partial charge >= 0.3 is 0 Å². The van der Waals surface area contributed by atoms with Crippen LogP contribution in [0.5, 0.6) is 0 Å². The zero-order chi connectivity index (χ0) is 12.3. The molecule has 0 saturated carbocycles. The van der Waals surface area contributed by atoms with Crippen LogP contribution in [-0.4, -0.2) is 19.1 Å². The average molecular weight is 236 g/mol. The molecule has 0 saturated heterocycles. The second-order valence-electron chi connectivity index (χ2n) is 4.82. The van der Waals surface area contributed by atoms with E-state index in [0.29, 0.717) is 6.04 Å². The third kappa shape index (κ3) is 2.97. The van der Waals surface area contributed by atoms with Crippen molar-refractivity contribution in [2.24, 2.45) is 5.73 Å². The Kier molecular flexibility index (Phi) is 4.00. The summed E-state index contributed by atoms with van der Waals surface area (Å²) in [5.41, 5.74) is 8.25. The van der Waals surface area contributed by atoms with E-state index in [4.69, 9.17) is 5.73 Å². The number of benzene rings is 1. The van der Waals surface area contributed by atoms with E-state index < -0.39 is 0 Å². The van der Waals surface area contributed by atoms with Crippen molar-refractivity contribution >= 4 is 5.69 Å². The van der Waals surface area contributed by atoms with Crippen LogP contribution in [0.3, 0.4) is 0 Å². The summed E-state index contributed by atoms with van der Waals surface area (Å²) in [6.45, 7) is 4.12. The largest absolute Gasteiger partial charge is 0.371 e. The van der Waals surface area contributed by atoms with Crippen molar-refractivity contribution in [2.75, 3.05) is 18.0 Å². The maximum Gasteiger partial charge on any atom is 0.125 e. The van der Waals surface area contributed by atoms with Crippen molar-refractivity contribution in [3.8, 4) is 0 Å². The lowest BCUT2D eigenvalue weighted by Crippen LogP contribution is -2.25. The van der Waals surface area contributed by atoms with E-state index in [0.717, 1.165) is 44.5 Å². The maximum absolute atomic E-state index is 13.2. The molecule has 94 valence electrons. The van der Waals surface area contributed by atoms with Crippen LogP contribution in [0, 0.1) is 5.82 Å². The van der Waals surface area contributed by atoms with E-state index in [2.05, 4.69) is 11.8 Å². The molecule has 1 aromatic rings. The summed E-state index contributed by atoms with van der Waals surface area (Å²) >= 11 is 0. The number of anilines is 1. The molecular formula is C14H21FN2. The van der Waals surface area contributed by atoms with Crippen LogP contribution < -0.4 is 10.6 Å². The first kappa shape index (κ1) is 12.4. The Balaban J connectivity index is 1.91. The normalized spacial score (nSPS) is 16.1. The lowest BCUT2D eigenvalue weighted by atomic mass is 10.1. The fourth-order valence-corrected chi connectivity index (χ4v) is 2.40. The predicted molar refractivity (Wildman–Crippen MR) is 69.8 cm³/mol. The number of nitrogens with two attached hydrogens (primary N) is 1. The number of nitrogens with zero attached hydrogens (tertiary/aromatic N) is 1. The van der Waals surface area contributed by atoms with Gasteiger partial charge in [0.1, 0.15) is 5.82 Å². The van der Waals surface area contributed by atoms with Crippen molar-refractivity contribution in [1.82, 2.24) is 0 Å². The Bertz CT molecular complexity index is 378. The highest BCUT2D eigenvalue weighted by molar-refractivity contribution is 5.58. The van der Waals surface area contributed by atoms with Gasteiger partial charge in [0.2, 0.25) is 0 Å². The summed E-state index contributed by atoms with van der Waals surface area (Å²) in [5.74, 6) is -0.138. The Morgan fingerprint density at radius 1 is 1.47 bits per heavy atom. The van der Waals surface area contributed by atoms with Crippen molar-refractivity contribution in [2.45, 2.75) is 38.6 Å². The Hall–Kier alpha value is -1.09. The molecule has 1 aromatic carbocycles. The van der Waals surface area contributed by atoms with Gasteiger partial charge in [0, 0.05) is 24.8 Å². The monoisotopic (exact) mass is 236 g/mol. The summed E-state index contributed by atoms with van der Waals surface area (Å²) in [6.07, 6.45) is 4.21. The Labute approximate surface area is 103 Å². The summed E-state index contributed by atoms with van der Waals surface area (Å²) in [5, 5.41) is 0. The topological polar surface area (TPSA) is 29.3 Å². The first-order valence-corrected chi connectivity index (χ1v) is 6.49. The van der Waals surface area contributed by atoms with Crippen molar-refractivity contribution in [1.29, 1.82) is 0 Å². The van der Waals surface area contributed by atoms with E-state index in [1.54, 1.807) is 12.1 Å². The second-order valence-corrected chi connectivity index (χ2v) is 4.82. The summed E-state index contributed by atoms with van der Waals surface area (Å²) in [6, 6.07) is 5.42. The highest BCUT2D eigenvalue weighted by Crippen LogP contribution is 2.28. The Morgan fingerprint density at radius 3 is 3.06 bits per heavy atom. The molecular weight excluding hydrogens is 215 g/mol. The minimum atomic E-state index is -0.138. The predicted octanol–water partition coefficient (Wildman–Crippen LogP) is 2.71. The number of rotatable bonds is 5. The van der Waals surface area contributed by atoms with Crippen molar-refractivity contribution in [3.05, 3.63) is 29.6 Å². The number of hydrogen-bond donors (Lipinski definition) is 1. The minimum absolute atomic E-state index is 0.138. The molecule has 1 unspecified atom stereocenters. The van der Waals surface area contributed by atoms with Gasteiger partial charge in [0.05, 0.1) is 0 Å². The lowest BCUT2D eigenvalue weighted by molar-refractivity contribution is 0.564. The van der Waals surface area contributed by atoms with Crippen LogP contribution >= 0.6 is 0 Å². The summed E-state index contributed by atoms with van der Waals surface area (Å²) < 4.78 is 13.2. The van der Waals surface area contributed by atoms with Gasteiger partial charge < -0.3 is 10.6 Å². The molecule has 0 aromatic heterocycles. The Morgan fingerprint density at radius 2 is 2.29 bits per heavy atom. The molecule has 0 bridgehead atoms. The molecule has 0 spiro atoms. The highest BCUT2D eigenvalue weighted by atomic mass is 19.1. The number of fused-ring (bicyclic) bond motifs is 1. The second kappa shape index (κ2) is 5.50. The van der Waals surface area contributed by atoms with E-state index >= 15 is 0 Å². The van der Waals surface area contributed by atoms with Crippen LogP contribution in [0.1, 0.15) is 31.7 Å². The first-order chi connectivity index (χ1) is 8.20. The quantitative estimate of drug-likeness (QED) is 0.851. The number of halogens is 1. The van der Waals surface area contributed by atoms with Crippen LogP contribution in [-0.2, 0) is 6.42 Å².